The van der Waals surface area contributed by atoms with Crippen LogP contribution in [0.1, 0.15) is 12.0 Å². The highest BCUT2D eigenvalue weighted by atomic mass is 16.4. The summed E-state index contributed by atoms with van der Waals surface area (Å²) in [6, 6.07) is 18.5. The van der Waals surface area contributed by atoms with E-state index in [0.29, 0.717) is 6.54 Å². The van der Waals surface area contributed by atoms with Crippen LogP contribution in [0.3, 0.4) is 0 Å². The molecule has 3 nitrogen and oxygen atoms in total. The maximum absolute atomic E-state index is 10.4. The molecule has 2 N–H and O–H groups in total. The molecule has 3 heteroatoms. The summed E-state index contributed by atoms with van der Waals surface area (Å²) in [5.41, 5.74) is 3.67. The fraction of sp³-hybridized carbons (Fsp3) is 0.188. The number of aryl methyl sites for hydroxylation is 1. The fourth-order valence-corrected chi connectivity index (χ4v) is 2.11. The lowest BCUT2D eigenvalue weighted by atomic mass is 9.97. The van der Waals surface area contributed by atoms with Crippen molar-refractivity contribution < 1.29 is 9.90 Å². The summed E-state index contributed by atoms with van der Waals surface area (Å²) < 4.78 is 0. The second-order valence-electron chi connectivity index (χ2n) is 4.36. The van der Waals surface area contributed by atoms with E-state index in [1.54, 1.807) is 0 Å². The van der Waals surface area contributed by atoms with Crippen molar-refractivity contribution in [2.24, 2.45) is 0 Å². The predicted octanol–water partition coefficient (Wildman–Crippen LogP) is 3.55. The van der Waals surface area contributed by atoms with E-state index in [-0.39, 0.29) is 0 Å². The summed E-state index contributed by atoms with van der Waals surface area (Å²) in [4.78, 5) is 10.4. The molecular formula is C16H17NO2. The molecule has 0 unspecified atom stereocenters. The zero-order valence-electron chi connectivity index (χ0n) is 10.7. The van der Waals surface area contributed by atoms with Crippen LogP contribution in [0.15, 0.2) is 54.6 Å². The molecule has 0 aliphatic carbocycles. The van der Waals surface area contributed by atoms with E-state index in [1.165, 1.54) is 16.7 Å². The number of benzene rings is 2. The van der Waals surface area contributed by atoms with Gasteiger partial charge in [-0.05, 0) is 29.5 Å². The van der Waals surface area contributed by atoms with Crippen molar-refractivity contribution in [1.82, 2.24) is 5.32 Å². The van der Waals surface area contributed by atoms with Crippen LogP contribution in [0.4, 0.5) is 4.79 Å². The quantitative estimate of drug-likeness (QED) is 0.803. The van der Waals surface area contributed by atoms with Gasteiger partial charge in [0.15, 0.2) is 0 Å². The maximum Gasteiger partial charge on any atom is 0.404 e. The van der Waals surface area contributed by atoms with Crippen molar-refractivity contribution in [3.63, 3.8) is 0 Å². The van der Waals surface area contributed by atoms with E-state index in [0.717, 1.165) is 12.8 Å². The topological polar surface area (TPSA) is 49.3 Å². The van der Waals surface area contributed by atoms with Gasteiger partial charge in [-0.25, -0.2) is 4.79 Å². The Bertz CT molecular complexity index is 537. The van der Waals surface area contributed by atoms with Crippen LogP contribution in [0.25, 0.3) is 11.1 Å². The fourth-order valence-electron chi connectivity index (χ4n) is 2.11. The van der Waals surface area contributed by atoms with Gasteiger partial charge in [0, 0.05) is 6.54 Å². The van der Waals surface area contributed by atoms with E-state index >= 15 is 0 Å². The molecular weight excluding hydrogens is 238 g/mol. The predicted molar refractivity (Wildman–Crippen MR) is 76.2 cm³/mol. The maximum atomic E-state index is 10.4. The van der Waals surface area contributed by atoms with Crippen LogP contribution in [-0.2, 0) is 6.42 Å². The first-order valence-corrected chi connectivity index (χ1v) is 6.37. The highest BCUT2D eigenvalue weighted by Gasteiger charge is 2.04. The van der Waals surface area contributed by atoms with Crippen molar-refractivity contribution in [3.05, 3.63) is 60.2 Å². The molecule has 0 aliphatic rings. The summed E-state index contributed by atoms with van der Waals surface area (Å²) in [6.07, 6.45) is 0.706. The minimum absolute atomic E-state index is 0.485. The molecule has 0 fully saturated rings. The van der Waals surface area contributed by atoms with Gasteiger partial charge >= 0.3 is 6.09 Å². The minimum atomic E-state index is -0.962. The van der Waals surface area contributed by atoms with Crippen molar-refractivity contribution in [3.8, 4) is 11.1 Å². The molecule has 2 rings (SSSR count). The molecule has 19 heavy (non-hydrogen) atoms. The Kier molecular flexibility index (Phi) is 4.56. The molecule has 0 aliphatic heterocycles. The number of hydrogen-bond acceptors (Lipinski definition) is 1. The van der Waals surface area contributed by atoms with E-state index in [1.807, 2.05) is 30.3 Å². The first-order valence-electron chi connectivity index (χ1n) is 6.37. The van der Waals surface area contributed by atoms with Crippen LogP contribution >= 0.6 is 0 Å². The van der Waals surface area contributed by atoms with Crippen molar-refractivity contribution in [2.75, 3.05) is 6.54 Å². The second-order valence-corrected chi connectivity index (χ2v) is 4.36. The van der Waals surface area contributed by atoms with E-state index in [9.17, 15) is 4.79 Å². The van der Waals surface area contributed by atoms with Gasteiger partial charge in [0.25, 0.3) is 0 Å². The zero-order valence-corrected chi connectivity index (χ0v) is 10.7. The highest BCUT2D eigenvalue weighted by molar-refractivity contribution is 5.67. The van der Waals surface area contributed by atoms with Gasteiger partial charge in [-0.1, -0.05) is 54.6 Å². The number of carbonyl (C=O) groups is 1. The average Bonchev–Trinajstić information content (AvgIpc) is 2.45. The molecule has 98 valence electrons. The van der Waals surface area contributed by atoms with E-state index in [2.05, 4.69) is 29.6 Å². The van der Waals surface area contributed by atoms with E-state index in [4.69, 9.17) is 5.11 Å². The molecule has 0 aromatic heterocycles. The van der Waals surface area contributed by atoms with Crippen LogP contribution in [-0.4, -0.2) is 17.7 Å². The van der Waals surface area contributed by atoms with Crippen LogP contribution in [0.5, 0.6) is 0 Å². The zero-order chi connectivity index (χ0) is 13.5. The number of nitrogens with one attached hydrogen (secondary N) is 1. The van der Waals surface area contributed by atoms with Crippen LogP contribution in [0.2, 0.25) is 0 Å². The Hall–Kier alpha value is -2.29. The first-order chi connectivity index (χ1) is 9.27. The van der Waals surface area contributed by atoms with Crippen molar-refractivity contribution in [2.45, 2.75) is 12.8 Å². The monoisotopic (exact) mass is 255 g/mol. The van der Waals surface area contributed by atoms with Gasteiger partial charge < -0.3 is 10.4 Å². The summed E-state index contributed by atoms with van der Waals surface area (Å²) in [6.45, 7) is 0.485. The molecule has 0 radical (unpaired) electrons. The number of hydrogen-bond donors (Lipinski definition) is 2. The summed E-state index contributed by atoms with van der Waals surface area (Å²) >= 11 is 0. The molecule has 0 bridgehead atoms. The minimum Gasteiger partial charge on any atom is -0.465 e. The molecule has 0 saturated heterocycles. The molecule has 0 spiro atoms. The number of rotatable bonds is 5. The van der Waals surface area contributed by atoms with Gasteiger partial charge in [0.1, 0.15) is 0 Å². The molecule has 0 atom stereocenters. The molecule has 0 saturated carbocycles. The standard InChI is InChI=1S/C16H17NO2/c18-16(19)17-12-6-10-14-9-4-5-11-15(14)13-7-2-1-3-8-13/h1-5,7-9,11,17H,6,10,12H2,(H,18,19). The van der Waals surface area contributed by atoms with Gasteiger partial charge in [-0.15, -0.1) is 0 Å². The molecule has 2 aromatic carbocycles. The van der Waals surface area contributed by atoms with Gasteiger partial charge in [-0.3, -0.25) is 0 Å². The van der Waals surface area contributed by atoms with Crippen LogP contribution < -0.4 is 5.32 Å². The van der Waals surface area contributed by atoms with Gasteiger partial charge in [0.05, 0.1) is 0 Å². The summed E-state index contributed by atoms with van der Waals surface area (Å²) in [5, 5.41) is 10.9. The summed E-state index contributed by atoms with van der Waals surface area (Å²) in [5.74, 6) is 0. The Morgan fingerprint density at radius 2 is 1.68 bits per heavy atom. The Labute approximate surface area is 112 Å². The second kappa shape index (κ2) is 6.59. The molecule has 0 heterocycles. The first kappa shape index (κ1) is 13.1. The van der Waals surface area contributed by atoms with Gasteiger partial charge in [0.2, 0.25) is 0 Å². The third kappa shape index (κ3) is 3.85. The van der Waals surface area contributed by atoms with E-state index < -0.39 is 6.09 Å². The molecule has 1 amide bonds. The largest absolute Gasteiger partial charge is 0.465 e. The average molecular weight is 255 g/mol. The Morgan fingerprint density at radius 3 is 2.42 bits per heavy atom. The van der Waals surface area contributed by atoms with Crippen molar-refractivity contribution >= 4 is 6.09 Å². The lowest BCUT2D eigenvalue weighted by molar-refractivity contribution is 0.194. The number of carboxylic acid groups (broad SMARTS) is 1. The Balaban J connectivity index is 2.07. The third-order valence-corrected chi connectivity index (χ3v) is 3.00. The smallest absolute Gasteiger partial charge is 0.404 e. The third-order valence-electron chi connectivity index (χ3n) is 3.00. The normalized spacial score (nSPS) is 10.1. The van der Waals surface area contributed by atoms with Crippen LogP contribution in [0, 0.1) is 0 Å². The number of amides is 1. The highest BCUT2D eigenvalue weighted by Crippen LogP contribution is 2.24. The summed E-state index contributed by atoms with van der Waals surface area (Å²) in [7, 11) is 0. The van der Waals surface area contributed by atoms with Crippen molar-refractivity contribution in [1.29, 1.82) is 0 Å². The SMILES string of the molecule is O=C(O)NCCCc1ccccc1-c1ccccc1. The Morgan fingerprint density at radius 1 is 1.00 bits per heavy atom. The van der Waals surface area contributed by atoms with Gasteiger partial charge in [-0.2, -0.15) is 0 Å². The lowest BCUT2D eigenvalue weighted by Gasteiger charge is -2.09. The molecule has 2 aromatic rings. The lowest BCUT2D eigenvalue weighted by Crippen LogP contribution is -2.22.